The summed E-state index contributed by atoms with van der Waals surface area (Å²) in [6.07, 6.45) is 1.60. The van der Waals surface area contributed by atoms with E-state index < -0.39 is 0 Å². The Kier molecular flexibility index (Phi) is 5.11. The van der Waals surface area contributed by atoms with E-state index in [1.54, 1.807) is 30.5 Å². The number of halogens is 1. The molecule has 0 aliphatic carbocycles. The highest BCUT2D eigenvalue weighted by atomic mass is 19.1. The lowest BCUT2D eigenvalue weighted by Crippen LogP contribution is -2.01. The van der Waals surface area contributed by atoms with Gasteiger partial charge >= 0.3 is 0 Å². The summed E-state index contributed by atoms with van der Waals surface area (Å²) in [6.45, 7) is 0. The van der Waals surface area contributed by atoms with Crippen LogP contribution in [0.2, 0.25) is 0 Å². The molecule has 5 nitrogen and oxygen atoms in total. The summed E-state index contributed by atoms with van der Waals surface area (Å²) in [5.74, 6) is 2.06. The SMILES string of the molecule is Fc1ccccc1Nc1ccnc(Nc2ccc(Oc3ccccc3)cc2)n1. The van der Waals surface area contributed by atoms with Crippen molar-refractivity contribution in [2.45, 2.75) is 0 Å². The second kappa shape index (κ2) is 8.18. The van der Waals surface area contributed by atoms with Crippen molar-refractivity contribution in [1.29, 1.82) is 0 Å². The Labute approximate surface area is 161 Å². The molecule has 0 aliphatic rings. The van der Waals surface area contributed by atoms with Gasteiger partial charge in [0.25, 0.3) is 0 Å². The summed E-state index contributed by atoms with van der Waals surface area (Å²) in [6, 6.07) is 25.1. The van der Waals surface area contributed by atoms with Crippen molar-refractivity contribution in [2.24, 2.45) is 0 Å². The Morgan fingerprint density at radius 3 is 2.21 bits per heavy atom. The van der Waals surface area contributed by atoms with E-state index in [-0.39, 0.29) is 5.82 Å². The second-order valence-electron chi connectivity index (χ2n) is 5.93. The molecule has 28 heavy (non-hydrogen) atoms. The van der Waals surface area contributed by atoms with Crippen molar-refractivity contribution >= 4 is 23.1 Å². The van der Waals surface area contributed by atoms with Crippen LogP contribution in [-0.4, -0.2) is 9.97 Å². The van der Waals surface area contributed by atoms with Gasteiger partial charge in [-0.1, -0.05) is 30.3 Å². The number of nitrogens with one attached hydrogen (secondary N) is 2. The van der Waals surface area contributed by atoms with Crippen molar-refractivity contribution in [3.63, 3.8) is 0 Å². The van der Waals surface area contributed by atoms with Gasteiger partial charge in [-0.2, -0.15) is 4.98 Å². The molecule has 0 atom stereocenters. The highest BCUT2D eigenvalue weighted by Gasteiger charge is 2.04. The third-order valence-corrected chi connectivity index (χ3v) is 3.88. The molecule has 0 fully saturated rings. The molecule has 0 spiro atoms. The number of para-hydroxylation sites is 2. The van der Waals surface area contributed by atoms with Crippen LogP contribution in [0.3, 0.4) is 0 Å². The molecule has 3 aromatic carbocycles. The maximum absolute atomic E-state index is 13.8. The highest BCUT2D eigenvalue weighted by Crippen LogP contribution is 2.24. The number of aromatic nitrogens is 2. The van der Waals surface area contributed by atoms with Gasteiger partial charge in [0.15, 0.2) is 0 Å². The van der Waals surface area contributed by atoms with Gasteiger partial charge in [-0.15, -0.1) is 0 Å². The molecule has 0 saturated carbocycles. The van der Waals surface area contributed by atoms with E-state index in [4.69, 9.17) is 4.74 Å². The van der Waals surface area contributed by atoms with E-state index in [1.165, 1.54) is 6.07 Å². The summed E-state index contributed by atoms with van der Waals surface area (Å²) in [4.78, 5) is 8.57. The van der Waals surface area contributed by atoms with Crippen LogP contribution < -0.4 is 15.4 Å². The summed E-state index contributed by atoms with van der Waals surface area (Å²) in [5.41, 5.74) is 1.16. The minimum atomic E-state index is -0.343. The van der Waals surface area contributed by atoms with E-state index in [2.05, 4.69) is 20.6 Å². The number of anilines is 4. The fourth-order valence-corrected chi connectivity index (χ4v) is 2.55. The normalized spacial score (nSPS) is 10.3. The van der Waals surface area contributed by atoms with Crippen LogP contribution in [0, 0.1) is 5.82 Å². The zero-order chi connectivity index (χ0) is 19.2. The van der Waals surface area contributed by atoms with Crippen LogP contribution in [0.25, 0.3) is 0 Å². The van der Waals surface area contributed by atoms with Crippen LogP contribution in [0.1, 0.15) is 0 Å². The Morgan fingerprint density at radius 1 is 0.714 bits per heavy atom. The molecular weight excluding hydrogens is 355 g/mol. The number of nitrogens with zero attached hydrogens (tertiary/aromatic N) is 2. The quantitative estimate of drug-likeness (QED) is 0.442. The van der Waals surface area contributed by atoms with Crippen molar-refractivity contribution < 1.29 is 9.13 Å². The average molecular weight is 372 g/mol. The van der Waals surface area contributed by atoms with Crippen LogP contribution in [0.5, 0.6) is 11.5 Å². The zero-order valence-electron chi connectivity index (χ0n) is 14.8. The molecule has 4 rings (SSSR count). The van der Waals surface area contributed by atoms with Gasteiger partial charge in [-0.05, 0) is 54.6 Å². The van der Waals surface area contributed by atoms with Crippen LogP contribution in [0.4, 0.5) is 27.5 Å². The van der Waals surface area contributed by atoms with Gasteiger partial charge in [0.05, 0.1) is 5.69 Å². The van der Waals surface area contributed by atoms with Gasteiger partial charge in [-0.25, -0.2) is 9.37 Å². The summed E-state index contributed by atoms with van der Waals surface area (Å²) >= 11 is 0. The smallest absolute Gasteiger partial charge is 0.229 e. The molecule has 2 N–H and O–H groups in total. The molecule has 0 unspecified atom stereocenters. The summed E-state index contributed by atoms with van der Waals surface area (Å²) < 4.78 is 19.6. The number of ether oxygens (including phenoxy) is 1. The van der Waals surface area contributed by atoms with Crippen molar-refractivity contribution in [3.8, 4) is 11.5 Å². The largest absolute Gasteiger partial charge is 0.457 e. The summed E-state index contributed by atoms with van der Waals surface area (Å²) in [5, 5.41) is 6.07. The molecule has 0 bridgehead atoms. The lowest BCUT2D eigenvalue weighted by molar-refractivity contribution is 0.483. The number of rotatable bonds is 6. The zero-order valence-corrected chi connectivity index (χ0v) is 14.8. The molecule has 4 aromatic rings. The molecule has 0 radical (unpaired) electrons. The molecule has 6 heteroatoms. The molecule has 0 saturated heterocycles. The Hall–Kier alpha value is -3.93. The number of benzene rings is 3. The maximum Gasteiger partial charge on any atom is 0.229 e. The first-order valence-electron chi connectivity index (χ1n) is 8.71. The topological polar surface area (TPSA) is 59.1 Å². The Morgan fingerprint density at radius 2 is 1.43 bits per heavy atom. The van der Waals surface area contributed by atoms with E-state index in [9.17, 15) is 4.39 Å². The average Bonchev–Trinajstić information content (AvgIpc) is 2.72. The van der Waals surface area contributed by atoms with E-state index in [0.29, 0.717) is 17.5 Å². The van der Waals surface area contributed by atoms with E-state index in [0.717, 1.165) is 17.2 Å². The third kappa shape index (κ3) is 4.42. The first-order chi connectivity index (χ1) is 13.8. The van der Waals surface area contributed by atoms with E-state index in [1.807, 2.05) is 54.6 Å². The molecular formula is C22H17FN4O. The molecule has 1 heterocycles. The van der Waals surface area contributed by atoms with Gasteiger partial charge in [0.1, 0.15) is 23.1 Å². The predicted octanol–water partition coefficient (Wildman–Crippen LogP) is 5.90. The Bertz CT molecular complexity index is 1060. The molecule has 1 aromatic heterocycles. The van der Waals surface area contributed by atoms with Gasteiger partial charge in [-0.3, -0.25) is 0 Å². The van der Waals surface area contributed by atoms with Crippen molar-refractivity contribution in [1.82, 2.24) is 9.97 Å². The molecule has 138 valence electrons. The standard InChI is InChI=1S/C22H17FN4O/c23-19-8-4-5-9-20(19)26-21-14-15-24-22(27-21)25-16-10-12-18(13-11-16)28-17-6-2-1-3-7-17/h1-15H,(H2,24,25,26,27). The van der Waals surface area contributed by atoms with Crippen LogP contribution in [0.15, 0.2) is 91.1 Å². The number of hydrogen-bond acceptors (Lipinski definition) is 5. The minimum absolute atomic E-state index is 0.343. The Balaban J connectivity index is 1.43. The molecule has 0 aliphatic heterocycles. The maximum atomic E-state index is 13.8. The monoisotopic (exact) mass is 372 g/mol. The van der Waals surface area contributed by atoms with E-state index >= 15 is 0 Å². The van der Waals surface area contributed by atoms with Crippen molar-refractivity contribution in [3.05, 3.63) is 96.9 Å². The lowest BCUT2D eigenvalue weighted by atomic mass is 10.3. The minimum Gasteiger partial charge on any atom is -0.457 e. The van der Waals surface area contributed by atoms with Crippen LogP contribution >= 0.6 is 0 Å². The van der Waals surface area contributed by atoms with Crippen LogP contribution in [-0.2, 0) is 0 Å². The first-order valence-corrected chi connectivity index (χ1v) is 8.71. The summed E-state index contributed by atoms with van der Waals surface area (Å²) in [7, 11) is 0. The fraction of sp³-hybridized carbons (Fsp3) is 0. The lowest BCUT2D eigenvalue weighted by Gasteiger charge is -2.10. The molecule has 0 amide bonds. The van der Waals surface area contributed by atoms with Gasteiger partial charge < -0.3 is 15.4 Å². The van der Waals surface area contributed by atoms with Gasteiger partial charge in [0.2, 0.25) is 5.95 Å². The van der Waals surface area contributed by atoms with Crippen molar-refractivity contribution in [2.75, 3.05) is 10.6 Å². The fourth-order valence-electron chi connectivity index (χ4n) is 2.55. The predicted molar refractivity (Wildman–Crippen MR) is 108 cm³/mol. The number of hydrogen-bond donors (Lipinski definition) is 2. The van der Waals surface area contributed by atoms with Gasteiger partial charge in [0, 0.05) is 11.9 Å². The highest BCUT2D eigenvalue weighted by molar-refractivity contribution is 5.60. The third-order valence-electron chi connectivity index (χ3n) is 3.88. The first kappa shape index (κ1) is 17.5. The second-order valence-corrected chi connectivity index (χ2v) is 5.93.